The first-order chi connectivity index (χ1) is 10.9. The third kappa shape index (κ3) is 3.10. The van der Waals surface area contributed by atoms with Crippen LogP contribution in [-0.4, -0.2) is 23.3 Å². The van der Waals surface area contributed by atoms with Gasteiger partial charge in [-0.15, -0.1) is 8.78 Å². The van der Waals surface area contributed by atoms with Gasteiger partial charge in [0.25, 0.3) is 0 Å². The molecule has 6 nitrogen and oxygen atoms in total. The number of hydrogen-bond acceptors (Lipinski definition) is 4. The monoisotopic (exact) mass is 325 g/mol. The fourth-order valence-corrected chi connectivity index (χ4v) is 2.64. The van der Waals surface area contributed by atoms with Crippen LogP contribution in [0.15, 0.2) is 30.4 Å². The number of carboxylic acid groups (broad SMARTS) is 1. The number of rotatable bonds is 3. The zero-order valence-electron chi connectivity index (χ0n) is 11.8. The summed E-state index contributed by atoms with van der Waals surface area (Å²) in [7, 11) is 0. The molecule has 0 unspecified atom stereocenters. The molecule has 2 N–H and O–H groups in total. The molecule has 122 valence electrons. The first-order valence-electron chi connectivity index (χ1n) is 6.94. The Morgan fingerprint density at radius 2 is 1.78 bits per heavy atom. The SMILES string of the molecule is O=C(O)[C@@H]1CC=CC[C@H]1C(=O)Nc1ccc2c(c1)OC(F)(F)O2. The Morgan fingerprint density at radius 1 is 1.13 bits per heavy atom. The number of carboxylic acids is 1. The van der Waals surface area contributed by atoms with E-state index in [4.69, 9.17) is 0 Å². The Labute approximate surface area is 129 Å². The summed E-state index contributed by atoms with van der Waals surface area (Å²) in [6.07, 6.45) is 0.342. The largest absolute Gasteiger partial charge is 0.586 e. The van der Waals surface area contributed by atoms with Gasteiger partial charge in [0.1, 0.15) is 0 Å². The summed E-state index contributed by atoms with van der Waals surface area (Å²) in [6, 6.07) is 3.85. The van der Waals surface area contributed by atoms with Crippen LogP contribution in [0.2, 0.25) is 0 Å². The maximum Gasteiger partial charge on any atom is 0.586 e. The van der Waals surface area contributed by atoms with Crippen LogP contribution in [-0.2, 0) is 9.59 Å². The quantitative estimate of drug-likeness (QED) is 0.835. The Hall–Kier alpha value is -2.64. The van der Waals surface area contributed by atoms with Gasteiger partial charge in [0, 0.05) is 11.8 Å². The minimum absolute atomic E-state index is 0.128. The highest BCUT2D eigenvalue weighted by molar-refractivity contribution is 5.95. The molecule has 1 aliphatic carbocycles. The van der Waals surface area contributed by atoms with Crippen LogP contribution in [0.1, 0.15) is 12.8 Å². The third-order valence-corrected chi connectivity index (χ3v) is 3.76. The second-order valence-electron chi connectivity index (χ2n) is 5.31. The van der Waals surface area contributed by atoms with Crippen LogP contribution < -0.4 is 14.8 Å². The number of anilines is 1. The van der Waals surface area contributed by atoms with Gasteiger partial charge in [-0.25, -0.2) is 0 Å². The van der Waals surface area contributed by atoms with Crippen LogP contribution in [0, 0.1) is 11.8 Å². The molecule has 1 amide bonds. The van der Waals surface area contributed by atoms with Gasteiger partial charge in [-0.3, -0.25) is 9.59 Å². The second kappa shape index (κ2) is 5.53. The maximum absolute atomic E-state index is 13.0. The predicted molar refractivity (Wildman–Crippen MR) is 74.3 cm³/mol. The molecule has 23 heavy (non-hydrogen) atoms. The highest BCUT2D eigenvalue weighted by Crippen LogP contribution is 2.42. The van der Waals surface area contributed by atoms with E-state index >= 15 is 0 Å². The molecule has 1 heterocycles. The van der Waals surface area contributed by atoms with Crippen molar-refractivity contribution >= 4 is 17.6 Å². The Morgan fingerprint density at radius 3 is 2.48 bits per heavy atom. The summed E-state index contributed by atoms with van der Waals surface area (Å²) in [5.41, 5.74) is 0.230. The molecule has 0 saturated carbocycles. The van der Waals surface area contributed by atoms with Crippen molar-refractivity contribution in [1.82, 2.24) is 0 Å². The van der Waals surface area contributed by atoms with E-state index in [1.54, 1.807) is 12.2 Å². The normalized spacial score (nSPS) is 24.3. The number of halogens is 2. The first-order valence-corrected chi connectivity index (χ1v) is 6.94. The van der Waals surface area contributed by atoms with Crippen molar-refractivity contribution in [2.24, 2.45) is 11.8 Å². The van der Waals surface area contributed by atoms with E-state index < -0.39 is 30.0 Å². The number of allylic oxidation sites excluding steroid dienone is 2. The van der Waals surface area contributed by atoms with Gasteiger partial charge in [0.05, 0.1) is 11.8 Å². The molecule has 3 rings (SSSR count). The number of benzene rings is 1. The van der Waals surface area contributed by atoms with E-state index in [9.17, 15) is 23.5 Å². The number of amides is 1. The van der Waals surface area contributed by atoms with Crippen molar-refractivity contribution in [2.75, 3.05) is 5.32 Å². The summed E-state index contributed by atoms with van der Waals surface area (Å²) in [6.45, 7) is 0. The minimum atomic E-state index is -3.73. The van der Waals surface area contributed by atoms with Crippen LogP contribution in [0.4, 0.5) is 14.5 Å². The van der Waals surface area contributed by atoms with E-state index in [1.165, 1.54) is 18.2 Å². The predicted octanol–water partition coefficient (Wildman–Crippen LogP) is 2.61. The standard InChI is InChI=1S/C15H13F2NO5/c16-15(17)22-11-6-5-8(7-12(11)23-15)18-13(19)9-3-1-2-4-10(9)14(20)21/h1-2,5-7,9-10H,3-4H2,(H,18,19)(H,20,21)/t9-,10-/m1/s1. The van der Waals surface area contributed by atoms with E-state index in [0.29, 0.717) is 6.42 Å². The lowest BCUT2D eigenvalue weighted by molar-refractivity contribution is -0.286. The number of nitrogens with one attached hydrogen (secondary N) is 1. The summed E-state index contributed by atoms with van der Waals surface area (Å²) in [5.74, 6) is -3.36. The topological polar surface area (TPSA) is 84.9 Å². The molecule has 1 aromatic rings. The zero-order valence-corrected chi connectivity index (χ0v) is 11.8. The molecule has 8 heteroatoms. The van der Waals surface area contributed by atoms with E-state index in [0.717, 1.165) is 0 Å². The molecule has 0 radical (unpaired) electrons. The zero-order chi connectivity index (χ0) is 16.6. The molecular formula is C15H13F2NO5. The highest BCUT2D eigenvalue weighted by Gasteiger charge is 2.43. The average molecular weight is 325 g/mol. The molecular weight excluding hydrogens is 312 g/mol. The number of carbonyl (C=O) groups is 2. The molecule has 1 aromatic carbocycles. The fourth-order valence-electron chi connectivity index (χ4n) is 2.64. The lowest BCUT2D eigenvalue weighted by Gasteiger charge is -2.24. The Bertz CT molecular complexity index is 688. The van der Waals surface area contributed by atoms with Crippen molar-refractivity contribution in [1.29, 1.82) is 0 Å². The highest BCUT2D eigenvalue weighted by atomic mass is 19.3. The van der Waals surface area contributed by atoms with Crippen LogP contribution >= 0.6 is 0 Å². The Balaban J connectivity index is 1.74. The summed E-state index contributed by atoms with van der Waals surface area (Å²) >= 11 is 0. The summed E-state index contributed by atoms with van der Waals surface area (Å²) in [4.78, 5) is 23.5. The number of ether oxygens (including phenoxy) is 2. The number of fused-ring (bicyclic) bond motifs is 1. The lowest BCUT2D eigenvalue weighted by Crippen LogP contribution is -2.34. The number of alkyl halides is 2. The number of carbonyl (C=O) groups excluding carboxylic acids is 1. The van der Waals surface area contributed by atoms with E-state index in [2.05, 4.69) is 14.8 Å². The van der Waals surface area contributed by atoms with Gasteiger partial charge in [-0.05, 0) is 25.0 Å². The average Bonchev–Trinajstić information content (AvgIpc) is 2.80. The van der Waals surface area contributed by atoms with Crippen LogP contribution in [0.3, 0.4) is 0 Å². The number of aliphatic carboxylic acids is 1. The van der Waals surface area contributed by atoms with E-state index in [-0.39, 0.29) is 23.6 Å². The van der Waals surface area contributed by atoms with Gasteiger partial charge in [-0.2, -0.15) is 0 Å². The smallest absolute Gasteiger partial charge is 0.481 e. The van der Waals surface area contributed by atoms with Crippen molar-refractivity contribution < 1.29 is 33.0 Å². The lowest BCUT2D eigenvalue weighted by atomic mass is 9.82. The molecule has 1 aliphatic heterocycles. The minimum Gasteiger partial charge on any atom is -0.481 e. The molecule has 0 bridgehead atoms. The molecule has 0 saturated heterocycles. The maximum atomic E-state index is 13.0. The molecule has 0 fully saturated rings. The van der Waals surface area contributed by atoms with Gasteiger partial charge in [0.15, 0.2) is 11.5 Å². The van der Waals surface area contributed by atoms with Crippen molar-refractivity contribution in [3.8, 4) is 11.5 Å². The van der Waals surface area contributed by atoms with E-state index in [1.807, 2.05) is 0 Å². The van der Waals surface area contributed by atoms with Crippen molar-refractivity contribution in [3.63, 3.8) is 0 Å². The van der Waals surface area contributed by atoms with Gasteiger partial charge in [0.2, 0.25) is 5.91 Å². The summed E-state index contributed by atoms with van der Waals surface area (Å²) < 4.78 is 34.5. The summed E-state index contributed by atoms with van der Waals surface area (Å²) in [5, 5.41) is 11.7. The molecule has 2 atom stereocenters. The van der Waals surface area contributed by atoms with Crippen LogP contribution in [0.5, 0.6) is 11.5 Å². The molecule has 0 aromatic heterocycles. The van der Waals surface area contributed by atoms with Crippen molar-refractivity contribution in [2.45, 2.75) is 19.1 Å². The molecule has 2 aliphatic rings. The number of hydrogen-bond donors (Lipinski definition) is 2. The van der Waals surface area contributed by atoms with Gasteiger partial charge in [-0.1, -0.05) is 12.2 Å². The molecule has 0 spiro atoms. The van der Waals surface area contributed by atoms with Crippen molar-refractivity contribution in [3.05, 3.63) is 30.4 Å². The third-order valence-electron chi connectivity index (χ3n) is 3.76. The van der Waals surface area contributed by atoms with Gasteiger partial charge < -0.3 is 19.9 Å². The fraction of sp³-hybridized carbons (Fsp3) is 0.333. The Kier molecular flexibility index (Phi) is 3.67. The van der Waals surface area contributed by atoms with Gasteiger partial charge >= 0.3 is 12.3 Å². The van der Waals surface area contributed by atoms with Crippen LogP contribution in [0.25, 0.3) is 0 Å². The first kappa shape index (κ1) is 15.3. The second-order valence-corrected chi connectivity index (χ2v) is 5.31.